The van der Waals surface area contributed by atoms with E-state index in [2.05, 4.69) is 0 Å². The van der Waals surface area contributed by atoms with Crippen molar-refractivity contribution in [2.75, 3.05) is 0 Å². The normalized spacial score (nSPS) is 10.7. The zero-order chi connectivity index (χ0) is 12.5. The van der Waals surface area contributed by atoms with E-state index in [1.54, 1.807) is 0 Å². The van der Waals surface area contributed by atoms with E-state index in [0.29, 0.717) is 5.75 Å². The van der Waals surface area contributed by atoms with Gasteiger partial charge in [-0.3, -0.25) is 4.79 Å². The number of carbonyl (C=O) groups is 1. The molecule has 0 N–H and O–H groups in total. The summed E-state index contributed by atoms with van der Waals surface area (Å²) in [5.41, 5.74) is 1.06. The molecule has 0 bridgehead atoms. The highest BCUT2D eigenvalue weighted by Gasteiger charge is 2.09. The number of hydrogen-bond acceptors (Lipinski definition) is 2. The monoisotopic (exact) mass is 238 g/mol. The van der Waals surface area contributed by atoms with E-state index < -0.39 is 0 Å². The third-order valence-corrected chi connectivity index (χ3v) is 2.85. The van der Waals surface area contributed by atoms with E-state index in [1.807, 2.05) is 59.3 Å². The summed E-state index contributed by atoms with van der Waals surface area (Å²) in [6.45, 7) is 1.41. The number of ether oxygens (including phenoxy) is 1. The van der Waals surface area contributed by atoms with Gasteiger partial charge < -0.3 is 4.74 Å². The van der Waals surface area contributed by atoms with E-state index in [4.69, 9.17) is 4.74 Å². The molecule has 0 saturated heterocycles. The number of fused-ring (bicyclic) bond motifs is 2. The minimum Gasteiger partial charge on any atom is -0.426 e. The molecule has 3 nitrogen and oxygen atoms in total. The van der Waals surface area contributed by atoms with Gasteiger partial charge in [-0.15, -0.1) is 0 Å². The van der Waals surface area contributed by atoms with E-state index >= 15 is 0 Å². The Balaban J connectivity index is 2.32. The van der Waals surface area contributed by atoms with Gasteiger partial charge in [0.2, 0.25) is 5.52 Å². The Morgan fingerprint density at radius 1 is 1.17 bits per heavy atom. The molecule has 0 aliphatic heterocycles. The molecule has 18 heavy (non-hydrogen) atoms. The fourth-order valence-corrected chi connectivity index (χ4v) is 2.08. The smallest absolute Gasteiger partial charge is 0.308 e. The molecule has 3 heteroatoms. The van der Waals surface area contributed by atoms with E-state index in [-0.39, 0.29) is 5.97 Å². The highest BCUT2D eigenvalue weighted by atomic mass is 16.5. The van der Waals surface area contributed by atoms with Crippen LogP contribution in [0.4, 0.5) is 0 Å². The number of aromatic nitrogens is 1. The van der Waals surface area contributed by atoms with Gasteiger partial charge in [-0.1, -0.05) is 6.07 Å². The summed E-state index contributed by atoms with van der Waals surface area (Å²) >= 11 is 0. The predicted octanol–water partition coefficient (Wildman–Crippen LogP) is 2.50. The Morgan fingerprint density at radius 3 is 2.89 bits per heavy atom. The molecule has 0 aliphatic rings. The fraction of sp³-hybridized carbons (Fsp3) is 0.0667. The summed E-state index contributed by atoms with van der Waals surface area (Å²) in [7, 11) is 0. The zero-order valence-electron chi connectivity index (χ0n) is 9.96. The first kappa shape index (κ1) is 10.7. The van der Waals surface area contributed by atoms with Crippen molar-refractivity contribution in [2.24, 2.45) is 0 Å². The largest absolute Gasteiger partial charge is 0.426 e. The molecule has 2 aromatic heterocycles. The maximum Gasteiger partial charge on any atom is 0.308 e. The van der Waals surface area contributed by atoms with Gasteiger partial charge in [0.1, 0.15) is 5.75 Å². The van der Waals surface area contributed by atoms with Crippen LogP contribution in [-0.2, 0) is 4.79 Å². The third-order valence-electron chi connectivity index (χ3n) is 2.85. The molecule has 0 amide bonds. The second-order valence-electron chi connectivity index (χ2n) is 4.16. The zero-order valence-corrected chi connectivity index (χ0v) is 9.96. The van der Waals surface area contributed by atoms with Crippen LogP contribution < -0.4 is 9.14 Å². The molecule has 3 aromatic rings. The van der Waals surface area contributed by atoms with Gasteiger partial charge in [-0.05, 0) is 18.2 Å². The van der Waals surface area contributed by atoms with Gasteiger partial charge in [0.25, 0.3) is 0 Å². The molecule has 0 spiro atoms. The van der Waals surface area contributed by atoms with Gasteiger partial charge in [-0.25, -0.2) is 0 Å². The van der Waals surface area contributed by atoms with Crippen LogP contribution in [0.1, 0.15) is 6.92 Å². The van der Waals surface area contributed by atoms with Crippen LogP contribution in [0.3, 0.4) is 0 Å². The maximum atomic E-state index is 11.1. The van der Waals surface area contributed by atoms with E-state index in [0.717, 1.165) is 16.3 Å². The summed E-state index contributed by atoms with van der Waals surface area (Å²) in [6.07, 6.45) is 4.02. The van der Waals surface area contributed by atoms with Crippen molar-refractivity contribution in [3.63, 3.8) is 0 Å². The summed E-state index contributed by atoms with van der Waals surface area (Å²) in [5.74, 6) is 0.301. The van der Waals surface area contributed by atoms with Crippen LogP contribution in [0, 0.1) is 0 Å². The summed E-state index contributed by atoms with van der Waals surface area (Å²) in [4.78, 5) is 11.1. The Hall–Kier alpha value is -2.42. The molecule has 0 unspecified atom stereocenters. The molecule has 1 aromatic carbocycles. The second-order valence-corrected chi connectivity index (χ2v) is 4.16. The van der Waals surface area contributed by atoms with Gasteiger partial charge in [0, 0.05) is 35.9 Å². The van der Waals surface area contributed by atoms with Crippen molar-refractivity contribution in [1.82, 2.24) is 0 Å². The average Bonchev–Trinajstić information content (AvgIpc) is 2.36. The van der Waals surface area contributed by atoms with E-state index in [1.165, 1.54) is 6.92 Å². The molecular weight excluding hydrogens is 226 g/mol. The summed E-state index contributed by atoms with van der Waals surface area (Å²) < 4.78 is 7.27. The number of hydrogen-bond donors (Lipinski definition) is 0. The van der Waals surface area contributed by atoms with E-state index in [9.17, 15) is 4.79 Å². The van der Waals surface area contributed by atoms with Crippen LogP contribution in [0.25, 0.3) is 16.3 Å². The number of pyridine rings is 2. The number of carbonyl (C=O) groups excluding carboxylic acids is 1. The Morgan fingerprint density at radius 2 is 2.06 bits per heavy atom. The lowest BCUT2D eigenvalue weighted by Gasteiger charge is -2.04. The first-order valence-electron chi connectivity index (χ1n) is 5.75. The SMILES string of the molecule is CC(=O)Oc1cccc2c[n+]3ccccc3cc12. The van der Waals surface area contributed by atoms with Crippen LogP contribution in [0.2, 0.25) is 0 Å². The predicted molar refractivity (Wildman–Crippen MR) is 68.4 cm³/mol. The minimum absolute atomic E-state index is 0.302. The molecule has 88 valence electrons. The topological polar surface area (TPSA) is 30.4 Å². The summed E-state index contributed by atoms with van der Waals surface area (Å²) in [5, 5.41) is 1.98. The second kappa shape index (κ2) is 4.11. The molecular formula is C15H12NO2+. The van der Waals surface area contributed by atoms with Crippen LogP contribution in [0.15, 0.2) is 54.9 Å². The first-order valence-corrected chi connectivity index (χ1v) is 5.75. The fourth-order valence-electron chi connectivity index (χ4n) is 2.08. The molecule has 2 heterocycles. The van der Waals surface area contributed by atoms with Crippen molar-refractivity contribution in [3.8, 4) is 5.75 Å². The van der Waals surface area contributed by atoms with Crippen molar-refractivity contribution in [1.29, 1.82) is 0 Å². The van der Waals surface area contributed by atoms with Gasteiger partial charge in [-0.2, -0.15) is 4.40 Å². The molecule has 0 radical (unpaired) electrons. The standard InChI is InChI=1S/C15H12NO2/c1-11(17)18-15-7-4-5-12-10-16-8-3-2-6-13(16)9-14(12)15/h2-10H,1H3/q+1. The van der Waals surface area contributed by atoms with Crippen molar-refractivity contribution >= 4 is 22.3 Å². The number of benzene rings is 1. The Kier molecular flexibility index (Phi) is 2.45. The number of esters is 1. The summed E-state index contributed by atoms with van der Waals surface area (Å²) in [6, 6.07) is 13.7. The molecule has 0 saturated carbocycles. The average molecular weight is 238 g/mol. The molecule has 0 fully saturated rings. The lowest BCUT2D eigenvalue weighted by molar-refractivity contribution is -0.510. The number of nitrogens with zero attached hydrogens (tertiary/aromatic N) is 1. The Labute approximate surface area is 104 Å². The minimum atomic E-state index is -0.302. The van der Waals surface area contributed by atoms with Crippen molar-refractivity contribution in [2.45, 2.75) is 6.92 Å². The lowest BCUT2D eigenvalue weighted by atomic mass is 10.1. The van der Waals surface area contributed by atoms with Gasteiger partial charge in [0.05, 0.1) is 0 Å². The first-order chi connectivity index (χ1) is 8.74. The van der Waals surface area contributed by atoms with Crippen LogP contribution in [-0.4, -0.2) is 5.97 Å². The third kappa shape index (κ3) is 1.80. The van der Waals surface area contributed by atoms with Crippen molar-refractivity contribution < 1.29 is 13.9 Å². The highest BCUT2D eigenvalue weighted by Crippen LogP contribution is 2.25. The quantitative estimate of drug-likeness (QED) is 0.282. The van der Waals surface area contributed by atoms with Crippen LogP contribution in [0.5, 0.6) is 5.75 Å². The number of rotatable bonds is 1. The van der Waals surface area contributed by atoms with Crippen LogP contribution >= 0.6 is 0 Å². The highest BCUT2D eigenvalue weighted by molar-refractivity contribution is 5.91. The molecule has 0 atom stereocenters. The Bertz CT molecular complexity index is 750. The van der Waals surface area contributed by atoms with Gasteiger partial charge >= 0.3 is 5.97 Å². The van der Waals surface area contributed by atoms with Crippen molar-refractivity contribution in [3.05, 3.63) is 54.9 Å². The van der Waals surface area contributed by atoms with Gasteiger partial charge in [0.15, 0.2) is 12.4 Å². The molecule has 0 aliphatic carbocycles. The molecule has 3 rings (SSSR count). The lowest BCUT2D eigenvalue weighted by Crippen LogP contribution is -2.19. The maximum absolute atomic E-state index is 11.1.